The predicted octanol–water partition coefficient (Wildman–Crippen LogP) is 4.25. The van der Waals surface area contributed by atoms with Crippen molar-refractivity contribution in [3.05, 3.63) is 0 Å². The van der Waals surface area contributed by atoms with Gasteiger partial charge in [-0.25, -0.2) is 0 Å². The van der Waals surface area contributed by atoms with Gasteiger partial charge in [-0.15, -0.1) is 0 Å². The molecule has 1 unspecified atom stereocenters. The molecule has 1 heterocycles. The first-order valence-corrected chi connectivity index (χ1v) is 10.2. The molecular weight excluding hydrogens is 284 g/mol. The van der Waals surface area contributed by atoms with Crippen LogP contribution in [0.15, 0.2) is 0 Å². The number of rotatable bonds is 6. The minimum absolute atomic E-state index is 0.203. The molecule has 0 aromatic heterocycles. The lowest BCUT2D eigenvalue weighted by atomic mass is 10.2. The third-order valence-electron chi connectivity index (χ3n) is 4.43. The van der Waals surface area contributed by atoms with Crippen molar-refractivity contribution in [3.63, 3.8) is 0 Å². The van der Waals surface area contributed by atoms with Gasteiger partial charge in [-0.3, -0.25) is 4.79 Å². The first-order chi connectivity index (χ1) is 9.51. The van der Waals surface area contributed by atoms with Crippen LogP contribution in [0.2, 0.25) is 16.6 Å². The summed E-state index contributed by atoms with van der Waals surface area (Å²) in [6, 6.07) is 0. The Morgan fingerprint density at radius 2 is 1.62 bits per heavy atom. The highest BCUT2D eigenvalue weighted by Gasteiger charge is 2.46. The van der Waals surface area contributed by atoms with Gasteiger partial charge in [0.15, 0.2) is 8.32 Å². The van der Waals surface area contributed by atoms with Crippen LogP contribution in [0.25, 0.3) is 0 Å². The van der Waals surface area contributed by atoms with E-state index in [0.717, 1.165) is 0 Å². The summed E-state index contributed by atoms with van der Waals surface area (Å²) in [4.78, 5) is 11.7. The summed E-state index contributed by atoms with van der Waals surface area (Å²) in [7, 11) is -1.91. The van der Waals surface area contributed by atoms with Crippen LogP contribution in [0.3, 0.4) is 0 Å². The zero-order chi connectivity index (χ0) is 16.4. The summed E-state index contributed by atoms with van der Waals surface area (Å²) in [6.45, 7) is 17.6. The van der Waals surface area contributed by atoms with Crippen molar-refractivity contribution < 1.29 is 18.7 Å². The number of carbonyl (C=O) groups excluding carboxylic acids is 1. The molecule has 1 rings (SSSR count). The molecule has 0 spiro atoms. The lowest BCUT2D eigenvalue weighted by Gasteiger charge is -2.44. The van der Waals surface area contributed by atoms with Gasteiger partial charge in [0.2, 0.25) is 5.79 Å². The van der Waals surface area contributed by atoms with E-state index in [0.29, 0.717) is 23.2 Å². The minimum atomic E-state index is -1.91. The van der Waals surface area contributed by atoms with E-state index in [2.05, 4.69) is 41.5 Å². The molecule has 1 atom stereocenters. The lowest BCUT2D eigenvalue weighted by Crippen LogP contribution is -2.51. The number of esters is 1. The van der Waals surface area contributed by atoms with E-state index in [1.165, 1.54) is 0 Å². The molecule has 0 amide bonds. The molecule has 21 heavy (non-hydrogen) atoms. The van der Waals surface area contributed by atoms with Crippen LogP contribution in [0.1, 0.15) is 61.8 Å². The van der Waals surface area contributed by atoms with Crippen molar-refractivity contribution in [2.24, 2.45) is 0 Å². The summed E-state index contributed by atoms with van der Waals surface area (Å²) < 4.78 is 17.5. The molecule has 1 fully saturated rings. The van der Waals surface area contributed by atoms with Gasteiger partial charge in [-0.1, -0.05) is 41.5 Å². The molecule has 0 saturated carbocycles. The zero-order valence-electron chi connectivity index (χ0n) is 14.9. The standard InChI is InChI=1S/C16H32O4Si/c1-11(2)21(12(3)4,13(5)6)18-10-14-9-15(17)20-16(7,8)19-14/h11-14H,9-10H2,1-8H3. The topological polar surface area (TPSA) is 44.8 Å². The smallest absolute Gasteiger partial charge is 0.311 e. The van der Waals surface area contributed by atoms with Crippen LogP contribution in [-0.2, 0) is 18.7 Å². The summed E-state index contributed by atoms with van der Waals surface area (Å²) in [5.74, 6) is -1.05. The van der Waals surface area contributed by atoms with Crippen LogP contribution in [-0.4, -0.2) is 32.8 Å². The minimum Gasteiger partial charge on any atom is -0.434 e. The van der Waals surface area contributed by atoms with Crippen molar-refractivity contribution >= 4 is 14.3 Å². The third kappa shape index (κ3) is 4.30. The Labute approximate surface area is 130 Å². The van der Waals surface area contributed by atoms with Gasteiger partial charge in [-0.2, -0.15) is 0 Å². The van der Waals surface area contributed by atoms with Gasteiger partial charge in [0, 0.05) is 13.8 Å². The van der Waals surface area contributed by atoms with Gasteiger partial charge >= 0.3 is 5.97 Å². The fourth-order valence-electron chi connectivity index (χ4n) is 3.80. The third-order valence-corrected chi connectivity index (χ3v) is 10.5. The average Bonchev–Trinajstić information content (AvgIpc) is 2.25. The lowest BCUT2D eigenvalue weighted by molar-refractivity contribution is -0.261. The van der Waals surface area contributed by atoms with E-state index in [1.807, 2.05) is 0 Å². The first kappa shape index (κ1) is 18.7. The van der Waals surface area contributed by atoms with E-state index >= 15 is 0 Å². The van der Waals surface area contributed by atoms with E-state index in [-0.39, 0.29) is 18.5 Å². The van der Waals surface area contributed by atoms with E-state index in [4.69, 9.17) is 13.9 Å². The molecule has 0 bridgehead atoms. The maximum Gasteiger partial charge on any atom is 0.311 e. The Balaban J connectivity index is 2.80. The number of hydrogen-bond donors (Lipinski definition) is 0. The highest BCUT2D eigenvalue weighted by molar-refractivity contribution is 6.77. The van der Waals surface area contributed by atoms with Gasteiger partial charge in [0.05, 0.1) is 19.1 Å². The summed E-state index contributed by atoms with van der Waals surface area (Å²) in [6.07, 6.45) is 0.0757. The van der Waals surface area contributed by atoms with Gasteiger partial charge in [0.1, 0.15) is 0 Å². The van der Waals surface area contributed by atoms with Crippen LogP contribution in [0, 0.1) is 0 Å². The second-order valence-corrected chi connectivity index (χ2v) is 12.9. The molecule has 1 aliphatic heterocycles. The monoisotopic (exact) mass is 316 g/mol. The molecule has 0 aromatic rings. The quantitative estimate of drug-likeness (QED) is 0.543. The zero-order valence-corrected chi connectivity index (χ0v) is 15.9. The fourth-order valence-corrected chi connectivity index (χ4v) is 9.27. The molecular formula is C16H32O4Si. The molecule has 0 N–H and O–H groups in total. The second-order valence-electron chi connectivity index (χ2n) is 7.45. The van der Waals surface area contributed by atoms with Crippen molar-refractivity contribution in [1.82, 2.24) is 0 Å². The van der Waals surface area contributed by atoms with Crippen molar-refractivity contribution in [2.45, 2.75) is 90.3 Å². The van der Waals surface area contributed by atoms with Gasteiger partial charge < -0.3 is 13.9 Å². The molecule has 5 heteroatoms. The van der Waals surface area contributed by atoms with Crippen molar-refractivity contribution in [3.8, 4) is 0 Å². The SMILES string of the molecule is CC(C)[Si](OCC1CC(=O)OC(C)(C)O1)(C(C)C)C(C)C. The Bertz CT molecular complexity index is 342. The Morgan fingerprint density at radius 1 is 1.14 bits per heavy atom. The van der Waals surface area contributed by atoms with Gasteiger partial charge in [-0.05, 0) is 16.6 Å². The van der Waals surface area contributed by atoms with E-state index in [1.54, 1.807) is 13.8 Å². The highest BCUT2D eigenvalue weighted by Crippen LogP contribution is 2.42. The van der Waals surface area contributed by atoms with E-state index in [9.17, 15) is 4.79 Å². The number of carbonyl (C=O) groups is 1. The summed E-state index contributed by atoms with van der Waals surface area (Å²) in [5.41, 5.74) is 1.59. The highest BCUT2D eigenvalue weighted by atomic mass is 28.4. The van der Waals surface area contributed by atoms with E-state index < -0.39 is 14.1 Å². The van der Waals surface area contributed by atoms with Crippen LogP contribution in [0.4, 0.5) is 0 Å². The predicted molar refractivity (Wildman–Crippen MR) is 86.7 cm³/mol. The molecule has 1 aliphatic rings. The van der Waals surface area contributed by atoms with Gasteiger partial charge in [0.25, 0.3) is 0 Å². The molecule has 1 saturated heterocycles. The molecule has 4 nitrogen and oxygen atoms in total. The van der Waals surface area contributed by atoms with Crippen molar-refractivity contribution in [2.75, 3.05) is 6.61 Å². The normalized spacial score (nSPS) is 23.0. The fraction of sp³-hybridized carbons (Fsp3) is 0.938. The van der Waals surface area contributed by atoms with Crippen LogP contribution < -0.4 is 0 Å². The number of hydrogen-bond acceptors (Lipinski definition) is 4. The molecule has 0 aliphatic carbocycles. The summed E-state index contributed by atoms with van der Waals surface area (Å²) >= 11 is 0. The number of cyclic esters (lactones) is 1. The maximum atomic E-state index is 11.7. The largest absolute Gasteiger partial charge is 0.434 e. The molecule has 0 aromatic carbocycles. The maximum absolute atomic E-state index is 11.7. The summed E-state index contributed by atoms with van der Waals surface area (Å²) in [5, 5.41) is 0. The molecule has 0 radical (unpaired) electrons. The Kier molecular flexibility index (Phi) is 6.04. The average molecular weight is 317 g/mol. The second kappa shape index (κ2) is 6.80. The number of ether oxygens (including phenoxy) is 2. The first-order valence-electron chi connectivity index (χ1n) is 8.05. The van der Waals surface area contributed by atoms with Crippen LogP contribution in [0.5, 0.6) is 0 Å². The Morgan fingerprint density at radius 3 is 2.00 bits per heavy atom. The molecule has 124 valence electrons. The Hall–Kier alpha value is -0.393. The van der Waals surface area contributed by atoms with Crippen molar-refractivity contribution in [1.29, 1.82) is 0 Å². The van der Waals surface area contributed by atoms with Crippen LogP contribution >= 0.6 is 0 Å².